The van der Waals surface area contributed by atoms with Crippen molar-refractivity contribution in [2.45, 2.75) is 70.8 Å². The maximum absolute atomic E-state index is 10.5. The van der Waals surface area contributed by atoms with E-state index in [4.69, 9.17) is 5.26 Å². The van der Waals surface area contributed by atoms with E-state index in [1.165, 1.54) is 38.5 Å². The molecule has 1 aromatic rings. The first-order valence-electron chi connectivity index (χ1n) is 7.83. The molecule has 0 amide bonds. The van der Waals surface area contributed by atoms with E-state index in [9.17, 15) is 5.11 Å². The molecule has 0 fully saturated rings. The van der Waals surface area contributed by atoms with Gasteiger partial charge in [-0.05, 0) is 31.0 Å². The summed E-state index contributed by atoms with van der Waals surface area (Å²) in [6.45, 7) is 4.08. The lowest BCUT2D eigenvalue weighted by molar-refractivity contribution is 0.0448. The van der Waals surface area contributed by atoms with Crippen LogP contribution >= 0.6 is 0 Å². The maximum Gasteiger partial charge on any atom is 0.0991 e. The minimum atomic E-state index is -0.823. The Hall–Kier alpha value is -1.33. The molecule has 0 aliphatic carbocycles. The lowest BCUT2D eigenvalue weighted by Gasteiger charge is -2.24. The summed E-state index contributed by atoms with van der Waals surface area (Å²) in [4.78, 5) is 0. The van der Waals surface area contributed by atoms with Crippen molar-refractivity contribution >= 4 is 0 Å². The zero-order chi connectivity index (χ0) is 14.8. The van der Waals surface area contributed by atoms with Gasteiger partial charge in [0.25, 0.3) is 0 Å². The summed E-state index contributed by atoms with van der Waals surface area (Å²) in [5, 5.41) is 19.5. The molecule has 0 aliphatic rings. The lowest BCUT2D eigenvalue weighted by Crippen LogP contribution is -2.21. The lowest BCUT2D eigenvalue weighted by atomic mass is 9.89. The minimum absolute atomic E-state index is 0.613. The highest BCUT2D eigenvalue weighted by Crippen LogP contribution is 2.27. The molecule has 0 bridgehead atoms. The standard InChI is InChI=1S/C18H27NO/c1-3-4-5-6-7-8-9-13-18(2,20)17-12-10-11-16(14-17)15-19/h10-12,14,20H,3-9,13H2,1-2H3. The van der Waals surface area contributed by atoms with E-state index in [0.717, 1.165) is 18.4 Å². The van der Waals surface area contributed by atoms with E-state index >= 15 is 0 Å². The van der Waals surface area contributed by atoms with E-state index in [1.54, 1.807) is 12.1 Å². The quantitative estimate of drug-likeness (QED) is 0.650. The number of rotatable bonds is 9. The average molecular weight is 273 g/mol. The first kappa shape index (κ1) is 16.7. The molecule has 2 heteroatoms. The average Bonchev–Trinajstić information content (AvgIpc) is 2.46. The van der Waals surface area contributed by atoms with Crippen molar-refractivity contribution in [1.82, 2.24) is 0 Å². The molecular weight excluding hydrogens is 246 g/mol. The van der Waals surface area contributed by atoms with Crippen LogP contribution in [0.15, 0.2) is 24.3 Å². The van der Waals surface area contributed by atoms with Crippen molar-refractivity contribution in [3.05, 3.63) is 35.4 Å². The molecule has 1 unspecified atom stereocenters. The molecule has 2 nitrogen and oxygen atoms in total. The van der Waals surface area contributed by atoms with Gasteiger partial charge in [-0.3, -0.25) is 0 Å². The fourth-order valence-corrected chi connectivity index (χ4v) is 2.49. The fraction of sp³-hybridized carbons (Fsp3) is 0.611. The van der Waals surface area contributed by atoms with Crippen molar-refractivity contribution < 1.29 is 5.11 Å². The summed E-state index contributed by atoms with van der Waals surface area (Å²) in [6, 6.07) is 9.43. The molecule has 20 heavy (non-hydrogen) atoms. The van der Waals surface area contributed by atoms with Crippen molar-refractivity contribution in [3.63, 3.8) is 0 Å². The van der Waals surface area contributed by atoms with Crippen LogP contribution in [0, 0.1) is 11.3 Å². The van der Waals surface area contributed by atoms with E-state index in [1.807, 2.05) is 19.1 Å². The van der Waals surface area contributed by atoms with Crippen molar-refractivity contribution in [1.29, 1.82) is 5.26 Å². The summed E-state index contributed by atoms with van der Waals surface area (Å²) in [6.07, 6.45) is 9.48. The highest BCUT2D eigenvalue weighted by atomic mass is 16.3. The molecule has 0 saturated heterocycles. The van der Waals surface area contributed by atoms with Crippen LogP contribution < -0.4 is 0 Å². The molecule has 0 saturated carbocycles. The Bertz CT molecular complexity index is 431. The second-order valence-electron chi connectivity index (χ2n) is 5.84. The Morgan fingerprint density at radius 1 is 1.10 bits per heavy atom. The third kappa shape index (κ3) is 5.75. The van der Waals surface area contributed by atoms with Crippen LogP contribution in [0.4, 0.5) is 0 Å². The molecule has 1 aromatic carbocycles. The van der Waals surface area contributed by atoms with Gasteiger partial charge < -0.3 is 5.11 Å². The molecule has 1 atom stereocenters. The fourth-order valence-electron chi connectivity index (χ4n) is 2.49. The van der Waals surface area contributed by atoms with Crippen LogP contribution in [0.3, 0.4) is 0 Å². The van der Waals surface area contributed by atoms with Gasteiger partial charge >= 0.3 is 0 Å². The second-order valence-corrected chi connectivity index (χ2v) is 5.84. The topological polar surface area (TPSA) is 44.0 Å². The Kier molecular flexibility index (Phi) is 7.33. The summed E-state index contributed by atoms with van der Waals surface area (Å²) >= 11 is 0. The second kappa shape index (κ2) is 8.76. The predicted octanol–water partition coefficient (Wildman–Crippen LogP) is 4.91. The van der Waals surface area contributed by atoms with Gasteiger partial charge in [0.2, 0.25) is 0 Å². The third-order valence-electron chi connectivity index (χ3n) is 3.88. The summed E-state index contributed by atoms with van der Waals surface area (Å²) in [7, 11) is 0. The highest BCUT2D eigenvalue weighted by molar-refractivity contribution is 5.35. The Morgan fingerprint density at radius 2 is 1.75 bits per heavy atom. The van der Waals surface area contributed by atoms with E-state index < -0.39 is 5.60 Å². The number of hydrogen-bond acceptors (Lipinski definition) is 2. The van der Waals surface area contributed by atoms with Gasteiger partial charge in [-0.1, -0.05) is 64.0 Å². The van der Waals surface area contributed by atoms with E-state index in [2.05, 4.69) is 13.0 Å². The number of unbranched alkanes of at least 4 members (excludes halogenated alkanes) is 6. The van der Waals surface area contributed by atoms with E-state index in [0.29, 0.717) is 5.56 Å². The monoisotopic (exact) mass is 273 g/mol. The summed E-state index contributed by atoms with van der Waals surface area (Å²) in [5.74, 6) is 0. The van der Waals surface area contributed by atoms with Crippen LogP contribution in [0.5, 0.6) is 0 Å². The van der Waals surface area contributed by atoms with Crippen LogP contribution in [0.1, 0.15) is 76.3 Å². The first-order valence-corrected chi connectivity index (χ1v) is 7.83. The predicted molar refractivity (Wildman–Crippen MR) is 83.3 cm³/mol. The van der Waals surface area contributed by atoms with Crippen LogP contribution in [-0.4, -0.2) is 5.11 Å². The molecule has 0 spiro atoms. The normalized spacial score (nSPS) is 13.7. The Balaban J connectivity index is 2.35. The maximum atomic E-state index is 10.5. The minimum Gasteiger partial charge on any atom is -0.385 e. The number of benzene rings is 1. The molecule has 0 radical (unpaired) electrons. The molecule has 0 aromatic heterocycles. The van der Waals surface area contributed by atoms with Crippen LogP contribution in [0.2, 0.25) is 0 Å². The number of aliphatic hydroxyl groups is 1. The zero-order valence-corrected chi connectivity index (χ0v) is 12.9. The van der Waals surface area contributed by atoms with Gasteiger partial charge in [0.1, 0.15) is 0 Å². The van der Waals surface area contributed by atoms with Gasteiger partial charge in [-0.2, -0.15) is 5.26 Å². The van der Waals surface area contributed by atoms with Crippen LogP contribution in [0.25, 0.3) is 0 Å². The van der Waals surface area contributed by atoms with Gasteiger partial charge in [0.05, 0.1) is 17.2 Å². The van der Waals surface area contributed by atoms with Gasteiger partial charge in [-0.25, -0.2) is 0 Å². The Morgan fingerprint density at radius 3 is 2.40 bits per heavy atom. The summed E-state index contributed by atoms with van der Waals surface area (Å²) < 4.78 is 0. The first-order chi connectivity index (χ1) is 9.60. The number of nitrogens with zero attached hydrogens (tertiary/aromatic N) is 1. The van der Waals surface area contributed by atoms with Gasteiger partial charge in [-0.15, -0.1) is 0 Å². The zero-order valence-electron chi connectivity index (χ0n) is 12.9. The van der Waals surface area contributed by atoms with Crippen molar-refractivity contribution in [3.8, 4) is 6.07 Å². The molecule has 1 N–H and O–H groups in total. The van der Waals surface area contributed by atoms with E-state index in [-0.39, 0.29) is 0 Å². The molecule has 0 heterocycles. The third-order valence-corrected chi connectivity index (χ3v) is 3.88. The molecule has 0 aliphatic heterocycles. The Labute approximate surface area is 123 Å². The van der Waals surface area contributed by atoms with Gasteiger partial charge in [0, 0.05) is 0 Å². The largest absolute Gasteiger partial charge is 0.385 e. The molecule has 110 valence electrons. The highest BCUT2D eigenvalue weighted by Gasteiger charge is 2.22. The number of hydrogen-bond donors (Lipinski definition) is 1. The smallest absolute Gasteiger partial charge is 0.0991 e. The van der Waals surface area contributed by atoms with Crippen molar-refractivity contribution in [2.24, 2.45) is 0 Å². The van der Waals surface area contributed by atoms with Crippen LogP contribution in [-0.2, 0) is 5.60 Å². The van der Waals surface area contributed by atoms with Crippen molar-refractivity contribution in [2.75, 3.05) is 0 Å². The van der Waals surface area contributed by atoms with Gasteiger partial charge in [0.15, 0.2) is 0 Å². The molecular formula is C18H27NO. The SMILES string of the molecule is CCCCCCCCCC(C)(O)c1cccc(C#N)c1. The summed E-state index contributed by atoms with van der Waals surface area (Å²) in [5.41, 5.74) is 0.640. The number of nitriles is 1. The molecule has 1 rings (SSSR count).